The van der Waals surface area contributed by atoms with Gasteiger partial charge in [-0.2, -0.15) is 0 Å². The third kappa shape index (κ3) is 7.36. The number of fused-ring (bicyclic) bond motifs is 1. The van der Waals surface area contributed by atoms with Crippen LogP contribution in [0.5, 0.6) is 5.75 Å². The van der Waals surface area contributed by atoms with Crippen molar-refractivity contribution in [2.24, 2.45) is 0 Å². The minimum absolute atomic E-state index is 0.0642. The van der Waals surface area contributed by atoms with Gasteiger partial charge >= 0.3 is 6.09 Å². The Morgan fingerprint density at radius 1 is 0.750 bits per heavy atom. The zero-order valence-corrected chi connectivity index (χ0v) is 22.5. The Kier molecular flexibility index (Phi) is 9.24. The van der Waals surface area contributed by atoms with Gasteiger partial charge in [-0.25, -0.2) is 13.6 Å². The Bertz CT molecular complexity index is 1340. The van der Waals surface area contributed by atoms with Crippen LogP contribution in [-0.2, 0) is 4.74 Å². The van der Waals surface area contributed by atoms with Crippen molar-refractivity contribution in [1.82, 2.24) is 9.80 Å². The highest BCUT2D eigenvalue weighted by atomic mass is 19.1. The van der Waals surface area contributed by atoms with Crippen LogP contribution >= 0.6 is 0 Å². The van der Waals surface area contributed by atoms with Crippen LogP contribution in [0.4, 0.5) is 13.6 Å². The summed E-state index contributed by atoms with van der Waals surface area (Å²) in [6.07, 6.45) is 1.47. The molecule has 1 aliphatic rings. The first kappa shape index (κ1) is 27.6. The molecule has 1 saturated heterocycles. The average molecular weight is 545 g/mol. The van der Waals surface area contributed by atoms with E-state index in [0.717, 1.165) is 60.1 Å². The van der Waals surface area contributed by atoms with E-state index in [4.69, 9.17) is 9.47 Å². The van der Waals surface area contributed by atoms with E-state index in [1.54, 1.807) is 29.2 Å². The lowest BCUT2D eigenvalue weighted by atomic mass is 9.87. The number of carbonyl (C=O) groups is 1. The summed E-state index contributed by atoms with van der Waals surface area (Å²) < 4.78 is 38.2. The predicted octanol–water partition coefficient (Wildman–Crippen LogP) is 6.86. The quantitative estimate of drug-likeness (QED) is 0.205. The Hall–Kier alpha value is -3.97. The second-order valence-corrected chi connectivity index (χ2v) is 10.1. The number of halogens is 2. The molecule has 0 radical (unpaired) electrons. The van der Waals surface area contributed by atoms with Crippen LogP contribution in [-0.4, -0.2) is 61.8 Å². The molecule has 0 N–H and O–H groups in total. The van der Waals surface area contributed by atoms with E-state index in [-0.39, 0.29) is 30.3 Å². The molecule has 0 aromatic heterocycles. The van der Waals surface area contributed by atoms with E-state index in [1.165, 1.54) is 24.3 Å². The van der Waals surface area contributed by atoms with Gasteiger partial charge in [0.05, 0.1) is 0 Å². The molecule has 4 aromatic carbocycles. The lowest BCUT2D eigenvalue weighted by Gasteiger charge is -2.34. The van der Waals surface area contributed by atoms with Gasteiger partial charge in [0.2, 0.25) is 0 Å². The first-order chi connectivity index (χ1) is 19.5. The molecule has 0 atom stereocenters. The average Bonchev–Trinajstić information content (AvgIpc) is 2.99. The van der Waals surface area contributed by atoms with Crippen LogP contribution in [0, 0.1) is 11.6 Å². The van der Waals surface area contributed by atoms with Gasteiger partial charge in [0.1, 0.15) is 30.6 Å². The first-order valence-electron chi connectivity index (χ1n) is 13.8. The molecule has 1 heterocycles. The molecule has 40 heavy (non-hydrogen) atoms. The van der Waals surface area contributed by atoms with Crippen LogP contribution in [0.3, 0.4) is 0 Å². The van der Waals surface area contributed by atoms with Crippen LogP contribution in [0.2, 0.25) is 0 Å². The first-order valence-corrected chi connectivity index (χ1v) is 13.8. The molecule has 1 aliphatic heterocycles. The molecule has 5 nitrogen and oxygen atoms in total. The molecule has 1 fully saturated rings. The van der Waals surface area contributed by atoms with Crippen molar-refractivity contribution in [3.05, 3.63) is 114 Å². The van der Waals surface area contributed by atoms with Gasteiger partial charge in [-0.1, -0.05) is 54.6 Å². The van der Waals surface area contributed by atoms with E-state index < -0.39 is 0 Å². The fourth-order valence-corrected chi connectivity index (χ4v) is 5.23. The maximum absolute atomic E-state index is 13.5. The van der Waals surface area contributed by atoms with Crippen LogP contribution in [0.15, 0.2) is 91.0 Å². The molecule has 0 saturated carbocycles. The van der Waals surface area contributed by atoms with Gasteiger partial charge in [-0.05, 0) is 77.7 Å². The number of rotatable bonds is 10. The smallest absolute Gasteiger partial charge is 0.409 e. The van der Waals surface area contributed by atoms with Crippen LogP contribution in [0.1, 0.15) is 29.9 Å². The monoisotopic (exact) mass is 544 g/mol. The Morgan fingerprint density at radius 3 is 2.02 bits per heavy atom. The zero-order valence-electron chi connectivity index (χ0n) is 22.5. The van der Waals surface area contributed by atoms with Gasteiger partial charge in [0.15, 0.2) is 0 Å². The number of carbonyl (C=O) groups excluding carboxylic acids is 1. The van der Waals surface area contributed by atoms with Crippen molar-refractivity contribution in [2.75, 3.05) is 45.9 Å². The Morgan fingerprint density at radius 2 is 1.38 bits per heavy atom. The second-order valence-electron chi connectivity index (χ2n) is 10.1. The molecule has 4 aromatic rings. The highest BCUT2D eigenvalue weighted by molar-refractivity contribution is 5.83. The summed E-state index contributed by atoms with van der Waals surface area (Å²) in [6.45, 7) is 4.17. The van der Waals surface area contributed by atoms with E-state index in [2.05, 4.69) is 11.0 Å². The summed E-state index contributed by atoms with van der Waals surface area (Å²) in [5.41, 5.74) is 2.04. The molecule has 5 rings (SSSR count). The minimum atomic E-state index is -0.311. The molecule has 208 valence electrons. The van der Waals surface area contributed by atoms with Gasteiger partial charge < -0.3 is 14.4 Å². The van der Waals surface area contributed by atoms with Crippen molar-refractivity contribution < 1.29 is 23.0 Å². The van der Waals surface area contributed by atoms with E-state index in [0.29, 0.717) is 19.7 Å². The topological polar surface area (TPSA) is 42.0 Å². The summed E-state index contributed by atoms with van der Waals surface area (Å²) in [6, 6.07) is 27.1. The summed E-state index contributed by atoms with van der Waals surface area (Å²) in [5.74, 6) is 0.282. The molecule has 7 heteroatoms. The molecule has 1 amide bonds. The maximum Gasteiger partial charge on any atom is 0.409 e. The SMILES string of the molecule is O=C(OCCOc1ccc2ccccc2c1)N1CCN(CCCC(c2ccc(F)cc2)c2ccc(F)cc2)CC1. The number of nitrogens with zero attached hydrogens (tertiary/aromatic N) is 2. The molecule has 0 spiro atoms. The van der Waals surface area contributed by atoms with Crippen LogP contribution in [0.25, 0.3) is 10.8 Å². The maximum atomic E-state index is 13.5. The lowest BCUT2D eigenvalue weighted by Crippen LogP contribution is -2.49. The van der Waals surface area contributed by atoms with Crippen molar-refractivity contribution in [2.45, 2.75) is 18.8 Å². The summed E-state index contributed by atoms with van der Waals surface area (Å²) in [7, 11) is 0. The largest absolute Gasteiger partial charge is 0.490 e. The van der Waals surface area contributed by atoms with Gasteiger partial charge in [0.25, 0.3) is 0 Å². The fraction of sp³-hybridized carbons (Fsp3) is 0.303. The lowest BCUT2D eigenvalue weighted by molar-refractivity contribution is 0.0667. The van der Waals surface area contributed by atoms with E-state index in [9.17, 15) is 13.6 Å². The fourth-order valence-electron chi connectivity index (χ4n) is 5.23. The Balaban J connectivity index is 1.03. The number of piperazine rings is 1. The summed E-state index contributed by atoms with van der Waals surface area (Å²) >= 11 is 0. The molecule has 0 unspecified atom stereocenters. The Labute approximate surface area is 233 Å². The third-order valence-electron chi connectivity index (χ3n) is 7.44. The normalized spacial score (nSPS) is 14.0. The number of benzene rings is 4. The number of ether oxygens (including phenoxy) is 2. The highest BCUT2D eigenvalue weighted by Crippen LogP contribution is 2.30. The highest BCUT2D eigenvalue weighted by Gasteiger charge is 2.22. The zero-order chi connectivity index (χ0) is 27.7. The van der Waals surface area contributed by atoms with Crippen molar-refractivity contribution in [1.29, 1.82) is 0 Å². The van der Waals surface area contributed by atoms with Crippen molar-refractivity contribution in [3.8, 4) is 5.75 Å². The van der Waals surface area contributed by atoms with Gasteiger partial charge in [0, 0.05) is 32.1 Å². The van der Waals surface area contributed by atoms with E-state index >= 15 is 0 Å². The van der Waals surface area contributed by atoms with Crippen molar-refractivity contribution in [3.63, 3.8) is 0 Å². The predicted molar refractivity (Wildman–Crippen MR) is 153 cm³/mol. The number of hydrogen-bond acceptors (Lipinski definition) is 4. The van der Waals surface area contributed by atoms with Crippen molar-refractivity contribution >= 4 is 16.9 Å². The molecule has 0 bridgehead atoms. The standard InChI is InChI=1S/C33H34F2N2O3/c34-29-12-7-26(8-13-29)32(27-9-14-30(35)15-10-27)6-3-17-36-18-20-37(21-19-36)33(38)40-23-22-39-31-16-11-25-4-1-2-5-28(25)24-31/h1-2,4-5,7-16,24,32H,3,6,17-23H2. The van der Waals surface area contributed by atoms with Gasteiger partial charge in [-0.3, -0.25) is 4.90 Å². The number of hydrogen-bond donors (Lipinski definition) is 0. The molecule has 0 aliphatic carbocycles. The van der Waals surface area contributed by atoms with E-state index in [1.807, 2.05) is 36.4 Å². The second kappa shape index (κ2) is 13.4. The minimum Gasteiger partial charge on any atom is -0.490 e. The number of amides is 1. The summed E-state index contributed by atoms with van der Waals surface area (Å²) in [5, 5.41) is 2.26. The third-order valence-corrected chi connectivity index (χ3v) is 7.44. The summed E-state index contributed by atoms with van der Waals surface area (Å²) in [4.78, 5) is 16.6. The molecular formula is C33H34F2N2O3. The van der Waals surface area contributed by atoms with Gasteiger partial charge in [-0.15, -0.1) is 0 Å². The van der Waals surface area contributed by atoms with Crippen LogP contribution < -0.4 is 4.74 Å². The molecular weight excluding hydrogens is 510 g/mol.